The summed E-state index contributed by atoms with van der Waals surface area (Å²) in [7, 11) is 3.73. The molecule has 0 radical (unpaired) electrons. The summed E-state index contributed by atoms with van der Waals surface area (Å²) in [6, 6.07) is 0.184. The summed E-state index contributed by atoms with van der Waals surface area (Å²) < 4.78 is 7.58. The van der Waals surface area contributed by atoms with Crippen LogP contribution in [0, 0.1) is 5.41 Å². The number of nitrogens with one attached hydrogen (secondary N) is 1. The zero-order chi connectivity index (χ0) is 13.8. The lowest BCUT2D eigenvalue weighted by Crippen LogP contribution is -2.41. The molecule has 0 bridgehead atoms. The Kier molecular flexibility index (Phi) is 5.35. The van der Waals surface area contributed by atoms with Crippen molar-refractivity contribution in [2.75, 3.05) is 13.7 Å². The van der Waals surface area contributed by atoms with Crippen molar-refractivity contribution in [1.29, 1.82) is 0 Å². The van der Waals surface area contributed by atoms with Crippen molar-refractivity contribution in [2.45, 2.75) is 46.3 Å². The van der Waals surface area contributed by atoms with Crippen molar-refractivity contribution in [3.63, 3.8) is 0 Å². The van der Waals surface area contributed by atoms with Gasteiger partial charge in [0.05, 0.1) is 18.3 Å². The Labute approximate surface area is 111 Å². The maximum absolute atomic E-state index is 5.74. The average Bonchev–Trinajstić information content (AvgIpc) is 2.69. The van der Waals surface area contributed by atoms with E-state index in [1.165, 1.54) is 5.56 Å². The van der Waals surface area contributed by atoms with E-state index in [2.05, 4.69) is 44.3 Å². The van der Waals surface area contributed by atoms with E-state index in [0.29, 0.717) is 0 Å². The highest BCUT2D eigenvalue weighted by molar-refractivity contribution is 5.13. The van der Waals surface area contributed by atoms with E-state index in [1.807, 2.05) is 17.9 Å². The minimum absolute atomic E-state index is 0.0794. The van der Waals surface area contributed by atoms with Crippen LogP contribution in [0.25, 0.3) is 0 Å². The van der Waals surface area contributed by atoms with Crippen LogP contribution in [0.15, 0.2) is 12.4 Å². The second-order valence-corrected chi connectivity index (χ2v) is 5.90. The van der Waals surface area contributed by atoms with Crippen LogP contribution in [0.5, 0.6) is 0 Å². The van der Waals surface area contributed by atoms with E-state index >= 15 is 0 Å². The Bertz CT molecular complexity index is 354. The molecule has 1 N–H and O–H groups in total. The van der Waals surface area contributed by atoms with Crippen LogP contribution in [-0.4, -0.2) is 29.5 Å². The lowest BCUT2D eigenvalue weighted by Gasteiger charge is -2.36. The number of nitrogens with zero attached hydrogens (tertiary/aromatic N) is 2. The zero-order valence-corrected chi connectivity index (χ0v) is 12.5. The molecule has 0 aliphatic carbocycles. The molecule has 1 rings (SSSR count). The largest absolute Gasteiger partial charge is 0.379 e. The van der Waals surface area contributed by atoms with Crippen molar-refractivity contribution < 1.29 is 4.74 Å². The molecule has 0 aromatic carbocycles. The van der Waals surface area contributed by atoms with E-state index in [0.717, 1.165) is 13.0 Å². The molecule has 0 spiro atoms. The van der Waals surface area contributed by atoms with Gasteiger partial charge in [0, 0.05) is 25.9 Å². The standard InChI is InChI=1S/C14H27N3O/c1-7-8-15-12(11-9-16-17(5)10-11)13(18-6)14(2,3)4/h9-10,12-13,15H,7-8H2,1-6H3. The lowest BCUT2D eigenvalue weighted by molar-refractivity contribution is -0.0119. The molecule has 1 heterocycles. The number of aromatic nitrogens is 2. The smallest absolute Gasteiger partial charge is 0.0815 e. The first-order chi connectivity index (χ1) is 8.40. The molecule has 0 fully saturated rings. The van der Waals surface area contributed by atoms with Gasteiger partial charge in [-0.15, -0.1) is 0 Å². The Balaban J connectivity index is 2.96. The average molecular weight is 253 g/mol. The maximum atomic E-state index is 5.74. The Hall–Kier alpha value is -0.870. The summed E-state index contributed by atoms with van der Waals surface area (Å²) in [4.78, 5) is 0. The fourth-order valence-electron chi connectivity index (χ4n) is 2.29. The highest BCUT2D eigenvalue weighted by Crippen LogP contribution is 2.32. The van der Waals surface area contributed by atoms with Gasteiger partial charge in [-0.2, -0.15) is 5.10 Å². The van der Waals surface area contributed by atoms with E-state index in [1.54, 1.807) is 7.11 Å². The fraction of sp³-hybridized carbons (Fsp3) is 0.786. The van der Waals surface area contributed by atoms with E-state index in [4.69, 9.17) is 4.74 Å². The fourth-order valence-corrected chi connectivity index (χ4v) is 2.29. The molecule has 0 amide bonds. The first-order valence-electron chi connectivity index (χ1n) is 6.64. The van der Waals surface area contributed by atoms with Crippen LogP contribution in [0.1, 0.15) is 45.7 Å². The van der Waals surface area contributed by atoms with Gasteiger partial charge in [0.25, 0.3) is 0 Å². The summed E-state index contributed by atoms with van der Waals surface area (Å²) in [6.07, 6.45) is 5.21. The van der Waals surface area contributed by atoms with E-state index in [-0.39, 0.29) is 17.6 Å². The second-order valence-electron chi connectivity index (χ2n) is 5.90. The van der Waals surface area contributed by atoms with Gasteiger partial charge in [-0.25, -0.2) is 0 Å². The molecule has 0 aliphatic heterocycles. The van der Waals surface area contributed by atoms with Crippen molar-refractivity contribution in [1.82, 2.24) is 15.1 Å². The van der Waals surface area contributed by atoms with Gasteiger partial charge in [-0.1, -0.05) is 27.7 Å². The SMILES string of the molecule is CCCNC(c1cnn(C)c1)C(OC)C(C)(C)C. The molecule has 0 aliphatic rings. The Morgan fingerprint density at radius 1 is 1.44 bits per heavy atom. The number of hydrogen-bond acceptors (Lipinski definition) is 3. The topological polar surface area (TPSA) is 39.1 Å². The summed E-state index contributed by atoms with van der Waals surface area (Å²) in [5, 5.41) is 7.84. The summed E-state index contributed by atoms with van der Waals surface area (Å²) >= 11 is 0. The normalized spacial score (nSPS) is 15.7. The van der Waals surface area contributed by atoms with Gasteiger partial charge in [-0.05, 0) is 18.4 Å². The first-order valence-corrected chi connectivity index (χ1v) is 6.64. The number of hydrogen-bond donors (Lipinski definition) is 1. The van der Waals surface area contributed by atoms with Crippen molar-refractivity contribution in [3.05, 3.63) is 18.0 Å². The highest BCUT2D eigenvalue weighted by Gasteiger charge is 2.33. The summed E-state index contributed by atoms with van der Waals surface area (Å²) in [5.41, 5.74) is 1.27. The van der Waals surface area contributed by atoms with Crippen LogP contribution in [-0.2, 0) is 11.8 Å². The minimum Gasteiger partial charge on any atom is -0.379 e. The molecular formula is C14H27N3O. The van der Waals surface area contributed by atoms with Crippen LogP contribution in [0.2, 0.25) is 0 Å². The quantitative estimate of drug-likeness (QED) is 0.846. The minimum atomic E-state index is 0.0794. The van der Waals surface area contributed by atoms with Crippen LogP contribution >= 0.6 is 0 Å². The van der Waals surface area contributed by atoms with Crippen molar-refractivity contribution in [3.8, 4) is 0 Å². The van der Waals surface area contributed by atoms with Gasteiger partial charge < -0.3 is 10.1 Å². The molecule has 4 nitrogen and oxygen atoms in total. The first kappa shape index (κ1) is 15.2. The van der Waals surface area contributed by atoms with E-state index in [9.17, 15) is 0 Å². The molecule has 0 saturated heterocycles. The van der Waals surface area contributed by atoms with Crippen LogP contribution in [0.3, 0.4) is 0 Å². The highest BCUT2D eigenvalue weighted by atomic mass is 16.5. The third-order valence-corrected chi connectivity index (χ3v) is 3.11. The van der Waals surface area contributed by atoms with Crippen molar-refractivity contribution in [2.24, 2.45) is 12.5 Å². The molecular weight excluding hydrogens is 226 g/mol. The third-order valence-electron chi connectivity index (χ3n) is 3.11. The summed E-state index contributed by atoms with van der Waals surface area (Å²) in [5.74, 6) is 0. The number of methoxy groups -OCH3 is 1. The molecule has 2 unspecified atom stereocenters. The van der Waals surface area contributed by atoms with Gasteiger partial charge in [-0.3, -0.25) is 4.68 Å². The van der Waals surface area contributed by atoms with Crippen molar-refractivity contribution >= 4 is 0 Å². The Morgan fingerprint density at radius 2 is 2.11 bits per heavy atom. The van der Waals surface area contributed by atoms with Gasteiger partial charge in [0.2, 0.25) is 0 Å². The van der Waals surface area contributed by atoms with Crippen LogP contribution < -0.4 is 5.32 Å². The molecule has 104 valence electrons. The molecule has 2 atom stereocenters. The summed E-state index contributed by atoms with van der Waals surface area (Å²) in [6.45, 7) is 9.77. The molecule has 18 heavy (non-hydrogen) atoms. The second kappa shape index (κ2) is 6.34. The molecule has 0 saturated carbocycles. The molecule has 1 aromatic heterocycles. The van der Waals surface area contributed by atoms with E-state index < -0.39 is 0 Å². The van der Waals surface area contributed by atoms with Gasteiger partial charge >= 0.3 is 0 Å². The Morgan fingerprint density at radius 3 is 2.50 bits per heavy atom. The molecule has 1 aromatic rings. The monoisotopic (exact) mass is 253 g/mol. The van der Waals surface area contributed by atoms with Gasteiger partial charge in [0.15, 0.2) is 0 Å². The molecule has 4 heteroatoms. The lowest BCUT2D eigenvalue weighted by atomic mass is 9.82. The third kappa shape index (κ3) is 3.82. The number of rotatable bonds is 6. The van der Waals surface area contributed by atoms with Crippen LogP contribution in [0.4, 0.5) is 0 Å². The predicted octanol–water partition coefficient (Wildman–Crippen LogP) is 2.52. The zero-order valence-electron chi connectivity index (χ0n) is 12.5. The van der Waals surface area contributed by atoms with Gasteiger partial charge in [0.1, 0.15) is 0 Å². The number of aryl methyl sites for hydroxylation is 1. The predicted molar refractivity (Wildman–Crippen MR) is 74.5 cm³/mol. The maximum Gasteiger partial charge on any atom is 0.0815 e. The number of ether oxygens (including phenoxy) is 1.